The molecule has 70 valence electrons. The van der Waals surface area contributed by atoms with Crippen LogP contribution in [-0.2, 0) is 6.42 Å². The van der Waals surface area contributed by atoms with Crippen LogP contribution >= 0.6 is 0 Å². The van der Waals surface area contributed by atoms with Gasteiger partial charge in [-0.05, 0) is 12.8 Å². The first kappa shape index (κ1) is 7.67. The van der Waals surface area contributed by atoms with Crippen molar-refractivity contribution in [3.63, 3.8) is 0 Å². The highest BCUT2D eigenvalue weighted by molar-refractivity contribution is 5.97. The second-order valence-electron chi connectivity index (χ2n) is 3.50. The number of carbonyl (C=O) groups excluding carboxylic acids is 1. The third-order valence-corrected chi connectivity index (χ3v) is 2.63. The Morgan fingerprint density at radius 1 is 1.36 bits per heavy atom. The van der Waals surface area contributed by atoms with Crippen molar-refractivity contribution in [2.24, 2.45) is 0 Å². The van der Waals surface area contributed by atoms with Crippen LogP contribution in [0.25, 0.3) is 5.65 Å². The average Bonchev–Trinajstić information content (AvgIpc) is 2.66. The Morgan fingerprint density at radius 3 is 3.21 bits per heavy atom. The van der Waals surface area contributed by atoms with E-state index < -0.39 is 0 Å². The van der Waals surface area contributed by atoms with Crippen LogP contribution in [0.1, 0.15) is 28.9 Å². The third kappa shape index (κ3) is 0.907. The molecular weight excluding hydrogens is 178 g/mol. The number of aryl methyl sites for hydroxylation is 1. The second kappa shape index (κ2) is 2.64. The van der Waals surface area contributed by atoms with Gasteiger partial charge >= 0.3 is 0 Å². The lowest BCUT2D eigenvalue weighted by Crippen LogP contribution is -2.15. The van der Waals surface area contributed by atoms with Gasteiger partial charge in [0.1, 0.15) is 0 Å². The summed E-state index contributed by atoms with van der Waals surface area (Å²) in [5, 5.41) is 4.17. The first-order chi connectivity index (χ1) is 6.86. The maximum absolute atomic E-state index is 11.6. The Bertz CT molecular complexity index is 515. The maximum atomic E-state index is 11.6. The molecule has 0 saturated carbocycles. The molecule has 2 aromatic heterocycles. The maximum Gasteiger partial charge on any atom is 0.166 e. The molecule has 0 aliphatic heterocycles. The number of ketones is 1. The van der Waals surface area contributed by atoms with Crippen molar-refractivity contribution in [2.45, 2.75) is 19.3 Å². The molecule has 0 aromatic carbocycles. The minimum atomic E-state index is 0.191. The number of hydrogen-bond donors (Lipinski definition) is 0. The van der Waals surface area contributed by atoms with E-state index in [4.69, 9.17) is 0 Å². The number of rotatable bonds is 0. The SMILES string of the molecule is O=C1CCCc2c1cnc1ccnn21. The van der Waals surface area contributed by atoms with Gasteiger partial charge in [-0.15, -0.1) is 0 Å². The molecule has 3 rings (SSSR count). The molecule has 0 radical (unpaired) electrons. The zero-order valence-electron chi connectivity index (χ0n) is 7.60. The van der Waals surface area contributed by atoms with Gasteiger partial charge in [0.05, 0.1) is 17.5 Å². The molecule has 0 fully saturated rings. The van der Waals surface area contributed by atoms with Crippen molar-refractivity contribution in [3.8, 4) is 0 Å². The fourth-order valence-electron chi connectivity index (χ4n) is 1.95. The van der Waals surface area contributed by atoms with Crippen LogP contribution < -0.4 is 0 Å². The van der Waals surface area contributed by atoms with Gasteiger partial charge in [-0.2, -0.15) is 5.10 Å². The minimum Gasteiger partial charge on any atom is -0.294 e. The van der Waals surface area contributed by atoms with E-state index in [9.17, 15) is 4.79 Å². The van der Waals surface area contributed by atoms with Crippen molar-refractivity contribution in [3.05, 3.63) is 29.7 Å². The number of fused-ring (bicyclic) bond motifs is 3. The molecular formula is C10H9N3O. The summed E-state index contributed by atoms with van der Waals surface area (Å²) < 4.78 is 1.77. The van der Waals surface area contributed by atoms with Gasteiger partial charge in [-0.3, -0.25) is 4.79 Å². The van der Waals surface area contributed by atoms with Crippen LogP contribution in [0.2, 0.25) is 0 Å². The third-order valence-electron chi connectivity index (χ3n) is 2.63. The Morgan fingerprint density at radius 2 is 2.29 bits per heavy atom. The van der Waals surface area contributed by atoms with Gasteiger partial charge in [-0.1, -0.05) is 0 Å². The highest BCUT2D eigenvalue weighted by Gasteiger charge is 2.20. The summed E-state index contributed by atoms with van der Waals surface area (Å²) in [5.41, 5.74) is 2.57. The molecule has 0 spiro atoms. The normalized spacial score (nSPS) is 15.9. The number of aromatic nitrogens is 3. The van der Waals surface area contributed by atoms with Crippen LogP contribution in [0.15, 0.2) is 18.5 Å². The topological polar surface area (TPSA) is 47.3 Å². The van der Waals surface area contributed by atoms with Gasteiger partial charge in [-0.25, -0.2) is 9.50 Å². The Hall–Kier alpha value is -1.71. The molecule has 1 aliphatic carbocycles. The number of hydrogen-bond acceptors (Lipinski definition) is 3. The summed E-state index contributed by atoms with van der Waals surface area (Å²) in [6, 6.07) is 1.85. The summed E-state index contributed by atoms with van der Waals surface area (Å²) >= 11 is 0. The highest BCUT2D eigenvalue weighted by Crippen LogP contribution is 2.20. The zero-order valence-corrected chi connectivity index (χ0v) is 7.60. The highest BCUT2D eigenvalue weighted by atomic mass is 16.1. The summed E-state index contributed by atoms with van der Waals surface area (Å²) in [6.07, 6.45) is 5.86. The molecule has 4 nitrogen and oxygen atoms in total. The van der Waals surface area contributed by atoms with Crippen LogP contribution in [0, 0.1) is 0 Å². The zero-order chi connectivity index (χ0) is 9.54. The molecule has 14 heavy (non-hydrogen) atoms. The predicted molar refractivity (Wildman–Crippen MR) is 50.3 cm³/mol. The molecule has 1 aliphatic rings. The largest absolute Gasteiger partial charge is 0.294 e. The van der Waals surface area contributed by atoms with E-state index in [0.29, 0.717) is 6.42 Å². The Labute approximate surface area is 80.6 Å². The molecule has 4 heteroatoms. The van der Waals surface area contributed by atoms with E-state index in [1.54, 1.807) is 16.9 Å². The molecule has 0 N–H and O–H groups in total. The van der Waals surface area contributed by atoms with Crippen molar-refractivity contribution in [1.29, 1.82) is 0 Å². The fraction of sp³-hybridized carbons (Fsp3) is 0.300. The van der Waals surface area contributed by atoms with Gasteiger partial charge < -0.3 is 0 Å². The summed E-state index contributed by atoms with van der Waals surface area (Å²) in [4.78, 5) is 15.8. The lowest BCUT2D eigenvalue weighted by molar-refractivity contribution is 0.0970. The number of carbonyl (C=O) groups is 1. The first-order valence-electron chi connectivity index (χ1n) is 4.71. The Kier molecular flexibility index (Phi) is 1.45. The quantitative estimate of drug-likeness (QED) is 0.623. The van der Waals surface area contributed by atoms with Crippen molar-refractivity contribution < 1.29 is 4.79 Å². The van der Waals surface area contributed by atoms with Gasteiger partial charge in [0.15, 0.2) is 11.4 Å². The van der Waals surface area contributed by atoms with Crippen LogP contribution in [0.5, 0.6) is 0 Å². The minimum absolute atomic E-state index is 0.191. The first-order valence-corrected chi connectivity index (χ1v) is 4.71. The van der Waals surface area contributed by atoms with E-state index >= 15 is 0 Å². The molecule has 2 heterocycles. The Balaban J connectivity index is 2.38. The monoisotopic (exact) mass is 187 g/mol. The predicted octanol–water partition coefficient (Wildman–Crippen LogP) is 1.25. The molecule has 0 saturated heterocycles. The molecule has 2 aromatic rings. The van der Waals surface area contributed by atoms with E-state index in [0.717, 1.165) is 29.7 Å². The fourth-order valence-corrected chi connectivity index (χ4v) is 1.95. The van der Waals surface area contributed by atoms with Crippen molar-refractivity contribution in [2.75, 3.05) is 0 Å². The van der Waals surface area contributed by atoms with Crippen LogP contribution in [-0.4, -0.2) is 20.4 Å². The summed E-state index contributed by atoms with van der Waals surface area (Å²) in [6.45, 7) is 0. The number of nitrogens with zero attached hydrogens (tertiary/aromatic N) is 3. The van der Waals surface area contributed by atoms with Gasteiger partial charge in [0.25, 0.3) is 0 Å². The van der Waals surface area contributed by atoms with Crippen molar-refractivity contribution >= 4 is 11.4 Å². The molecule has 0 bridgehead atoms. The molecule has 0 atom stereocenters. The van der Waals surface area contributed by atoms with Crippen molar-refractivity contribution in [1.82, 2.24) is 14.6 Å². The lowest BCUT2D eigenvalue weighted by atomic mass is 9.96. The van der Waals surface area contributed by atoms with Gasteiger partial charge in [0, 0.05) is 18.7 Å². The summed E-state index contributed by atoms with van der Waals surface area (Å²) in [5.74, 6) is 0.191. The standard InChI is InChI=1S/C10H9N3O/c14-9-3-1-2-8-7(9)6-11-10-4-5-12-13(8)10/h4-6H,1-3H2. The molecule has 0 unspecified atom stereocenters. The van der Waals surface area contributed by atoms with E-state index in [1.165, 1.54) is 0 Å². The van der Waals surface area contributed by atoms with Crippen LogP contribution in [0.3, 0.4) is 0 Å². The van der Waals surface area contributed by atoms with E-state index in [-0.39, 0.29) is 5.78 Å². The molecule has 0 amide bonds. The smallest absolute Gasteiger partial charge is 0.166 e. The van der Waals surface area contributed by atoms with Gasteiger partial charge in [0.2, 0.25) is 0 Å². The summed E-state index contributed by atoms with van der Waals surface area (Å²) in [7, 11) is 0. The van der Waals surface area contributed by atoms with E-state index in [2.05, 4.69) is 10.1 Å². The van der Waals surface area contributed by atoms with Crippen LogP contribution in [0.4, 0.5) is 0 Å². The number of Topliss-reactive ketones (excluding diaryl/α,β-unsaturated/α-hetero) is 1. The van der Waals surface area contributed by atoms with E-state index in [1.807, 2.05) is 6.07 Å². The second-order valence-corrected chi connectivity index (χ2v) is 3.50. The average molecular weight is 187 g/mol. The lowest BCUT2D eigenvalue weighted by Gasteiger charge is -2.14.